The second-order valence-corrected chi connectivity index (χ2v) is 17.6. The molecular weight excluding hydrogens is 614 g/mol. The maximum Gasteiger partial charge on any atom is 0.329 e. The second-order valence-electron chi connectivity index (χ2n) is 17.6. The van der Waals surface area contributed by atoms with Gasteiger partial charge in [0.2, 0.25) is 17.6 Å². The Morgan fingerprint density at radius 3 is 1.94 bits per heavy atom. The number of amides is 5. The van der Waals surface area contributed by atoms with Crippen molar-refractivity contribution >= 4 is 35.5 Å². The molecular formula is C36H59N5O7. The summed E-state index contributed by atoms with van der Waals surface area (Å²) < 4.78 is 5.57. The number of hydrogen-bond acceptors (Lipinski definition) is 7. The molecule has 270 valence electrons. The van der Waals surface area contributed by atoms with E-state index >= 15 is 0 Å². The minimum atomic E-state index is -1.05. The predicted octanol–water partition coefficient (Wildman–Crippen LogP) is 3.49. The molecule has 12 nitrogen and oxygen atoms in total. The molecule has 1 saturated heterocycles. The summed E-state index contributed by atoms with van der Waals surface area (Å²) in [5.74, 6) is -2.88. The van der Waals surface area contributed by atoms with Crippen LogP contribution in [0.3, 0.4) is 0 Å². The molecule has 1 unspecified atom stereocenters. The van der Waals surface area contributed by atoms with Crippen molar-refractivity contribution in [1.82, 2.24) is 26.2 Å². The van der Waals surface area contributed by atoms with E-state index in [1.54, 1.807) is 20.8 Å². The Hall–Kier alpha value is -3.44. The van der Waals surface area contributed by atoms with Crippen LogP contribution in [0.5, 0.6) is 0 Å². The third kappa shape index (κ3) is 9.16. The summed E-state index contributed by atoms with van der Waals surface area (Å²) in [6.07, 6.45) is 4.70. The van der Waals surface area contributed by atoms with Crippen LogP contribution in [-0.2, 0) is 28.7 Å². The Labute approximate surface area is 286 Å². The van der Waals surface area contributed by atoms with Gasteiger partial charge < -0.3 is 30.9 Å². The van der Waals surface area contributed by atoms with Gasteiger partial charge in [0.1, 0.15) is 23.7 Å². The number of urea groups is 1. The van der Waals surface area contributed by atoms with Crippen LogP contribution in [0.4, 0.5) is 4.79 Å². The van der Waals surface area contributed by atoms with Crippen molar-refractivity contribution in [3.8, 4) is 0 Å². The van der Waals surface area contributed by atoms with Crippen LogP contribution in [0.25, 0.3) is 0 Å². The van der Waals surface area contributed by atoms with E-state index in [4.69, 9.17) is 4.74 Å². The summed E-state index contributed by atoms with van der Waals surface area (Å²) in [6, 6.07) is -4.67. The van der Waals surface area contributed by atoms with Crippen LogP contribution in [0.15, 0.2) is 12.7 Å². The molecule has 0 aromatic carbocycles. The number of Topliss-reactive ketones (excluding diaryl/α,β-unsaturated/α-hetero) is 1. The van der Waals surface area contributed by atoms with Crippen LogP contribution < -0.4 is 21.3 Å². The molecule has 0 aromatic heterocycles. The molecule has 2 aliphatic carbocycles. The fourth-order valence-electron chi connectivity index (χ4n) is 6.88. The number of carbonyl (C=O) groups excluding carboxylic acids is 6. The number of fused-ring (bicyclic) bond motifs is 1. The number of ether oxygens (including phenoxy) is 1. The number of esters is 1. The van der Waals surface area contributed by atoms with E-state index in [-0.39, 0.29) is 29.7 Å². The maximum atomic E-state index is 14.4. The Kier molecular flexibility index (Phi) is 11.5. The van der Waals surface area contributed by atoms with Gasteiger partial charge in [0.05, 0.1) is 6.04 Å². The van der Waals surface area contributed by atoms with Crippen LogP contribution in [0.2, 0.25) is 0 Å². The fraction of sp³-hybridized carbons (Fsp3) is 0.778. The zero-order valence-electron chi connectivity index (χ0n) is 30.9. The highest BCUT2D eigenvalue weighted by Crippen LogP contribution is 2.65. The molecule has 48 heavy (non-hydrogen) atoms. The monoisotopic (exact) mass is 673 g/mol. The minimum Gasteiger partial charge on any atom is -0.458 e. The molecule has 12 heteroatoms. The lowest BCUT2D eigenvalue weighted by Crippen LogP contribution is -2.63. The predicted molar refractivity (Wildman–Crippen MR) is 182 cm³/mol. The van der Waals surface area contributed by atoms with Crippen LogP contribution >= 0.6 is 0 Å². The van der Waals surface area contributed by atoms with Crippen LogP contribution in [-0.4, -0.2) is 83.3 Å². The molecule has 3 aliphatic rings. The number of nitrogens with zero attached hydrogens (tertiary/aromatic N) is 1. The molecule has 0 spiro atoms. The van der Waals surface area contributed by atoms with Gasteiger partial charge in [-0.05, 0) is 61.2 Å². The first-order valence-electron chi connectivity index (χ1n) is 17.2. The van der Waals surface area contributed by atoms with Crippen molar-refractivity contribution < 1.29 is 33.5 Å². The standard InChI is InChI=1S/C36H59N5O7/c1-13-17-37-29(44)25(42)22(18-20-15-14-16-20)38-28(43)24-23-21(36(23,11)12)19-41(24)30(45)26(33(2,3)4)39-32(47)40-27(34(5,6)7)31(46)48-35(8,9)10/h13,20-24,26-27H,1,14-19H2,2-12H3,(H,37,44)(H,38,43)(H2,39,40,47)/t21-,22?,23-,24-,26+,27+/m0/s1. The van der Waals surface area contributed by atoms with Gasteiger partial charge in [0.15, 0.2) is 0 Å². The van der Waals surface area contributed by atoms with E-state index in [0.29, 0.717) is 13.0 Å². The lowest BCUT2D eigenvalue weighted by Gasteiger charge is -2.39. The van der Waals surface area contributed by atoms with E-state index in [1.165, 1.54) is 11.0 Å². The van der Waals surface area contributed by atoms with Gasteiger partial charge in [0.25, 0.3) is 5.91 Å². The molecule has 3 rings (SSSR count). The third-order valence-corrected chi connectivity index (χ3v) is 9.99. The summed E-state index contributed by atoms with van der Waals surface area (Å²) in [5, 5.41) is 10.9. The van der Waals surface area contributed by atoms with E-state index in [0.717, 1.165) is 19.3 Å². The van der Waals surface area contributed by atoms with E-state index < -0.39 is 76.1 Å². The molecule has 6 atom stereocenters. The van der Waals surface area contributed by atoms with Gasteiger partial charge in [-0.25, -0.2) is 9.59 Å². The van der Waals surface area contributed by atoms with Gasteiger partial charge in [-0.3, -0.25) is 19.2 Å². The van der Waals surface area contributed by atoms with Crippen LogP contribution in [0.1, 0.15) is 102 Å². The number of nitrogens with one attached hydrogen (secondary N) is 4. The molecule has 0 aromatic rings. The second kappa shape index (κ2) is 14.2. The van der Waals surface area contributed by atoms with Gasteiger partial charge in [-0.15, -0.1) is 6.58 Å². The number of ketones is 1. The van der Waals surface area contributed by atoms with E-state index in [2.05, 4.69) is 41.7 Å². The molecule has 4 N–H and O–H groups in total. The van der Waals surface area contributed by atoms with Crippen molar-refractivity contribution in [2.75, 3.05) is 13.1 Å². The highest BCUT2D eigenvalue weighted by atomic mass is 16.6. The number of rotatable bonds is 12. The van der Waals surface area contributed by atoms with Crippen molar-refractivity contribution in [1.29, 1.82) is 0 Å². The summed E-state index contributed by atoms with van der Waals surface area (Å²) in [7, 11) is 0. The average molecular weight is 674 g/mol. The fourth-order valence-corrected chi connectivity index (χ4v) is 6.88. The van der Waals surface area contributed by atoms with E-state index in [1.807, 2.05) is 41.5 Å². The quantitative estimate of drug-likeness (QED) is 0.140. The largest absolute Gasteiger partial charge is 0.458 e. The zero-order chi connectivity index (χ0) is 36.6. The van der Waals surface area contributed by atoms with E-state index in [9.17, 15) is 28.8 Å². The number of carbonyl (C=O) groups is 6. The average Bonchev–Trinajstić information content (AvgIpc) is 3.24. The highest BCUT2D eigenvalue weighted by molar-refractivity contribution is 6.38. The van der Waals surface area contributed by atoms with Gasteiger partial charge >= 0.3 is 12.0 Å². The number of hydrogen-bond donors (Lipinski definition) is 4. The first-order valence-corrected chi connectivity index (χ1v) is 17.2. The number of likely N-dealkylation sites (tertiary alicyclic amines) is 1. The molecule has 1 aliphatic heterocycles. The molecule has 0 radical (unpaired) electrons. The Morgan fingerprint density at radius 2 is 1.46 bits per heavy atom. The zero-order valence-corrected chi connectivity index (χ0v) is 30.9. The first kappa shape index (κ1) is 39.0. The van der Waals surface area contributed by atoms with Crippen molar-refractivity contribution in [3.63, 3.8) is 0 Å². The number of piperidine rings is 1. The Morgan fingerprint density at radius 1 is 0.896 bits per heavy atom. The normalized spacial score (nSPS) is 23.7. The van der Waals surface area contributed by atoms with Crippen molar-refractivity contribution in [2.24, 2.45) is 34.0 Å². The SMILES string of the molecule is C=CCNC(=O)C(=O)C(CC1CCC1)NC(=O)[C@@H]1[C@@H]2[C@H](CN1C(=O)[C@@H](NC(=O)N[C@H](C(=O)OC(C)(C)C)C(C)(C)C)C(C)(C)C)C2(C)C. The summed E-state index contributed by atoms with van der Waals surface area (Å²) in [5.41, 5.74) is -2.43. The minimum absolute atomic E-state index is 0.0563. The Bertz CT molecular complexity index is 1280. The molecule has 0 bridgehead atoms. The Balaban J connectivity index is 1.85. The highest BCUT2D eigenvalue weighted by Gasteiger charge is 2.70. The molecule has 3 fully saturated rings. The molecule has 1 heterocycles. The van der Waals surface area contributed by atoms with Crippen molar-refractivity contribution in [2.45, 2.75) is 132 Å². The molecule has 2 saturated carbocycles. The topological polar surface area (TPSA) is 163 Å². The lowest BCUT2D eigenvalue weighted by molar-refractivity contribution is -0.160. The first-order chi connectivity index (χ1) is 21.9. The van der Waals surface area contributed by atoms with Crippen LogP contribution in [0, 0.1) is 34.0 Å². The third-order valence-electron chi connectivity index (χ3n) is 9.99. The van der Waals surface area contributed by atoms with Gasteiger partial charge in [-0.1, -0.05) is 80.7 Å². The summed E-state index contributed by atoms with van der Waals surface area (Å²) in [4.78, 5) is 82.4. The maximum absolute atomic E-state index is 14.4. The van der Waals surface area contributed by atoms with Crippen molar-refractivity contribution in [3.05, 3.63) is 12.7 Å². The summed E-state index contributed by atoms with van der Waals surface area (Å²) in [6.45, 7) is 24.2. The van der Waals surface area contributed by atoms with Gasteiger partial charge in [-0.2, -0.15) is 0 Å². The smallest absolute Gasteiger partial charge is 0.329 e. The van der Waals surface area contributed by atoms with Gasteiger partial charge in [0, 0.05) is 13.1 Å². The summed E-state index contributed by atoms with van der Waals surface area (Å²) >= 11 is 0. The lowest BCUT2D eigenvalue weighted by atomic mass is 9.80. The molecule has 5 amide bonds.